The minimum Gasteiger partial charge on any atom is -0.497 e. The SMILES string of the molecule is COc1ccc2cc(C(=O)NCCCCC(=O)O)c(C)nc2c1. The fourth-order valence-electron chi connectivity index (χ4n) is 2.30. The lowest BCUT2D eigenvalue weighted by molar-refractivity contribution is -0.137. The van der Waals surface area contributed by atoms with Crippen molar-refractivity contribution in [1.29, 1.82) is 0 Å². The van der Waals surface area contributed by atoms with Gasteiger partial charge < -0.3 is 15.2 Å². The van der Waals surface area contributed by atoms with Gasteiger partial charge in [0.2, 0.25) is 0 Å². The van der Waals surface area contributed by atoms with Gasteiger partial charge in [0.15, 0.2) is 0 Å². The number of aliphatic carboxylic acids is 1. The minimum atomic E-state index is -0.818. The van der Waals surface area contributed by atoms with E-state index in [1.807, 2.05) is 24.3 Å². The Labute approximate surface area is 134 Å². The summed E-state index contributed by atoms with van der Waals surface area (Å²) >= 11 is 0. The highest BCUT2D eigenvalue weighted by molar-refractivity contribution is 5.98. The van der Waals surface area contributed by atoms with Gasteiger partial charge in [-0.3, -0.25) is 14.6 Å². The molecule has 0 fully saturated rings. The van der Waals surface area contributed by atoms with E-state index in [0.717, 1.165) is 16.7 Å². The van der Waals surface area contributed by atoms with Crippen LogP contribution in [0.4, 0.5) is 0 Å². The molecule has 6 heteroatoms. The second-order valence-corrected chi connectivity index (χ2v) is 5.29. The Morgan fingerprint density at radius 2 is 2.04 bits per heavy atom. The molecule has 1 aromatic carbocycles. The topological polar surface area (TPSA) is 88.5 Å². The molecule has 0 aliphatic rings. The van der Waals surface area contributed by atoms with Crippen LogP contribution < -0.4 is 10.1 Å². The molecule has 0 atom stereocenters. The molecule has 0 unspecified atom stereocenters. The number of methoxy groups -OCH3 is 1. The van der Waals surface area contributed by atoms with Crippen molar-refractivity contribution in [2.45, 2.75) is 26.2 Å². The number of hydrogen-bond donors (Lipinski definition) is 2. The number of unbranched alkanes of at least 4 members (excludes halogenated alkanes) is 1. The summed E-state index contributed by atoms with van der Waals surface area (Å²) in [6.07, 6.45) is 1.30. The van der Waals surface area contributed by atoms with Crippen LogP contribution in [0.2, 0.25) is 0 Å². The summed E-state index contributed by atoms with van der Waals surface area (Å²) in [4.78, 5) is 27.1. The Hall–Kier alpha value is -2.63. The molecule has 6 nitrogen and oxygen atoms in total. The molecule has 0 bridgehead atoms. The summed E-state index contributed by atoms with van der Waals surface area (Å²) in [5, 5.41) is 12.2. The van der Waals surface area contributed by atoms with Gasteiger partial charge in [-0.2, -0.15) is 0 Å². The number of nitrogens with zero attached hydrogens (tertiary/aromatic N) is 1. The van der Waals surface area contributed by atoms with Crippen LogP contribution in [-0.2, 0) is 4.79 Å². The fourth-order valence-corrected chi connectivity index (χ4v) is 2.30. The van der Waals surface area contributed by atoms with Crippen molar-refractivity contribution in [1.82, 2.24) is 10.3 Å². The smallest absolute Gasteiger partial charge is 0.303 e. The highest BCUT2D eigenvalue weighted by Crippen LogP contribution is 2.21. The van der Waals surface area contributed by atoms with Gasteiger partial charge in [0, 0.05) is 24.4 Å². The van der Waals surface area contributed by atoms with Crippen molar-refractivity contribution < 1.29 is 19.4 Å². The molecule has 0 saturated carbocycles. The van der Waals surface area contributed by atoms with Crippen LogP contribution >= 0.6 is 0 Å². The summed E-state index contributed by atoms with van der Waals surface area (Å²) in [5.41, 5.74) is 1.95. The normalized spacial score (nSPS) is 10.5. The van der Waals surface area contributed by atoms with E-state index in [2.05, 4.69) is 10.3 Å². The van der Waals surface area contributed by atoms with Crippen molar-refractivity contribution >= 4 is 22.8 Å². The molecule has 0 saturated heterocycles. The van der Waals surface area contributed by atoms with Gasteiger partial charge in [0.25, 0.3) is 5.91 Å². The highest BCUT2D eigenvalue weighted by Gasteiger charge is 2.11. The fraction of sp³-hybridized carbons (Fsp3) is 0.353. The first-order valence-electron chi connectivity index (χ1n) is 7.46. The quantitative estimate of drug-likeness (QED) is 0.766. The Morgan fingerprint density at radius 3 is 2.74 bits per heavy atom. The summed E-state index contributed by atoms with van der Waals surface area (Å²) < 4.78 is 5.17. The highest BCUT2D eigenvalue weighted by atomic mass is 16.5. The monoisotopic (exact) mass is 316 g/mol. The number of carboxylic acid groups (broad SMARTS) is 1. The van der Waals surface area contributed by atoms with Gasteiger partial charge in [-0.25, -0.2) is 0 Å². The van der Waals surface area contributed by atoms with Crippen LogP contribution in [0.15, 0.2) is 24.3 Å². The van der Waals surface area contributed by atoms with Crippen LogP contribution in [0.5, 0.6) is 5.75 Å². The van der Waals surface area contributed by atoms with Crippen molar-refractivity contribution in [3.63, 3.8) is 0 Å². The number of carbonyl (C=O) groups is 2. The lowest BCUT2D eigenvalue weighted by atomic mass is 10.1. The third-order valence-corrected chi connectivity index (χ3v) is 3.56. The number of carboxylic acids is 1. The number of nitrogens with one attached hydrogen (secondary N) is 1. The maximum Gasteiger partial charge on any atom is 0.303 e. The summed E-state index contributed by atoms with van der Waals surface area (Å²) in [5.74, 6) is -0.288. The molecule has 0 radical (unpaired) electrons. The van der Waals surface area contributed by atoms with E-state index >= 15 is 0 Å². The number of fused-ring (bicyclic) bond motifs is 1. The second kappa shape index (κ2) is 7.58. The van der Waals surface area contributed by atoms with Crippen LogP contribution in [0.1, 0.15) is 35.3 Å². The molecule has 1 heterocycles. The zero-order chi connectivity index (χ0) is 16.8. The lowest BCUT2D eigenvalue weighted by Gasteiger charge is -2.09. The van der Waals surface area contributed by atoms with Crippen LogP contribution in [-0.4, -0.2) is 35.6 Å². The molecular weight excluding hydrogens is 296 g/mol. The number of amides is 1. The van der Waals surface area contributed by atoms with Gasteiger partial charge in [-0.1, -0.05) is 0 Å². The van der Waals surface area contributed by atoms with E-state index in [0.29, 0.717) is 30.6 Å². The number of pyridine rings is 1. The van der Waals surface area contributed by atoms with Crippen LogP contribution in [0, 0.1) is 6.92 Å². The number of ether oxygens (including phenoxy) is 1. The van der Waals surface area contributed by atoms with Crippen molar-refractivity contribution in [3.05, 3.63) is 35.5 Å². The van der Waals surface area contributed by atoms with Crippen molar-refractivity contribution in [3.8, 4) is 5.75 Å². The van der Waals surface area contributed by atoms with E-state index in [4.69, 9.17) is 9.84 Å². The van der Waals surface area contributed by atoms with Crippen LogP contribution in [0.3, 0.4) is 0 Å². The number of aromatic nitrogens is 1. The third kappa shape index (κ3) is 4.42. The van der Waals surface area contributed by atoms with Gasteiger partial charge >= 0.3 is 5.97 Å². The van der Waals surface area contributed by atoms with E-state index in [9.17, 15) is 9.59 Å². The first kappa shape index (κ1) is 16.7. The molecule has 0 spiro atoms. The molecule has 1 aromatic heterocycles. The first-order valence-corrected chi connectivity index (χ1v) is 7.46. The second-order valence-electron chi connectivity index (χ2n) is 5.29. The molecule has 2 rings (SSSR count). The predicted octanol–water partition coefficient (Wildman–Crippen LogP) is 2.54. The third-order valence-electron chi connectivity index (χ3n) is 3.56. The van der Waals surface area contributed by atoms with E-state index in [-0.39, 0.29) is 12.3 Å². The number of rotatable bonds is 7. The van der Waals surface area contributed by atoms with Crippen molar-refractivity contribution in [2.24, 2.45) is 0 Å². The summed E-state index contributed by atoms with van der Waals surface area (Å²) in [6, 6.07) is 7.33. The Morgan fingerprint density at radius 1 is 1.26 bits per heavy atom. The average Bonchev–Trinajstić information content (AvgIpc) is 2.52. The van der Waals surface area contributed by atoms with Crippen LogP contribution in [0.25, 0.3) is 10.9 Å². The van der Waals surface area contributed by atoms with E-state index in [1.54, 1.807) is 14.0 Å². The molecular formula is C17H20N2O4. The zero-order valence-corrected chi connectivity index (χ0v) is 13.3. The Balaban J connectivity index is 2.05. The minimum absolute atomic E-state index is 0.119. The molecule has 0 aliphatic carbocycles. The van der Waals surface area contributed by atoms with Gasteiger partial charge in [0.05, 0.1) is 23.9 Å². The van der Waals surface area contributed by atoms with Gasteiger partial charge in [-0.15, -0.1) is 0 Å². The van der Waals surface area contributed by atoms with Gasteiger partial charge in [0.1, 0.15) is 5.75 Å². The number of aryl methyl sites for hydroxylation is 1. The molecule has 2 N–H and O–H groups in total. The van der Waals surface area contributed by atoms with E-state index < -0.39 is 5.97 Å². The number of hydrogen-bond acceptors (Lipinski definition) is 4. The number of benzene rings is 1. The molecule has 1 amide bonds. The molecule has 122 valence electrons. The van der Waals surface area contributed by atoms with Crippen molar-refractivity contribution in [2.75, 3.05) is 13.7 Å². The molecule has 2 aromatic rings. The maximum atomic E-state index is 12.2. The largest absolute Gasteiger partial charge is 0.497 e. The average molecular weight is 316 g/mol. The Bertz CT molecular complexity index is 728. The molecule has 23 heavy (non-hydrogen) atoms. The lowest BCUT2D eigenvalue weighted by Crippen LogP contribution is -2.25. The van der Waals surface area contributed by atoms with E-state index in [1.165, 1.54) is 0 Å². The number of carbonyl (C=O) groups excluding carboxylic acids is 1. The van der Waals surface area contributed by atoms with Gasteiger partial charge in [-0.05, 0) is 38.0 Å². The predicted molar refractivity (Wildman–Crippen MR) is 86.9 cm³/mol. The first-order chi connectivity index (χ1) is 11.0. The standard InChI is InChI=1S/C17H20N2O4/c1-11-14(17(22)18-8-4-3-5-16(20)21)9-12-6-7-13(23-2)10-15(12)19-11/h6-7,9-10H,3-5,8H2,1-2H3,(H,18,22)(H,20,21). The zero-order valence-electron chi connectivity index (χ0n) is 13.3. The summed E-state index contributed by atoms with van der Waals surface area (Å²) in [6.45, 7) is 2.24. The summed E-state index contributed by atoms with van der Waals surface area (Å²) in [7, 11) is 1.60. The maximum absolute atomic E-state index is 12.2. The Kier molecular flexibility index (Phi) is 5.51. The molecule has 0 aliphatic heterocycles.